The molecule has 0 spiro atoms. The van der Waals surface area contributed by atoms with Crippen LogP contribution in [0.3, 0.4) is 0 Å². The van der Waals surface area contributed by atoms with Crippen LogP contribution in [0.1, 0.15) is 42.9 Å². The molecule has 2 heterocycles. The maximum absolute atomic E-state index is 11.6. The lowest BCUT2D eigenvalue weighted by atomic mass is 10.0. The van der Waals surface area contributed by atoms with Gasteiger partial charge in [0.2, 0.25) is 5.56 Å². The van der Waals surface area contributed by atoms with Gasteiger partial charge >= 0.3 is 6.09 Å². The molecule has 4 aromatic carbocycles. The Kier molecular flexibility index (Phi) is 13.4. The molecule has 1 amide bonds. The number of aliphatic hydroxyl groups is 1. The summed E-state index contributed by atoms with van der Waals surface area (Å²) in [6.45, 7) is 5.41. The maximum Gasteiger partial charge on any atom is 0.409 e. The number of nitrogens with zero attached hydrogens (tertiary/aromatic N) is 1. The number of anilines is 1. The first-order valence-electron chi connectivity index (χ1n) is 17.2. The molecule has 262 valence electrons. The first kappa shape index (κ1) is 36.1. The molecule has 1 aliphatic rings. The van der Waals surface area contributed by atoms with Gasteiger partial charge in [0.25, 0.3) is 0 Å². The van der Waals surface area contributed by atoms with Gasteiger partial charge in [0, 0.05) is 30.1 Å². The van der Waals surface area contributed by atoms with Gasteiger partial charge in [-0.15, -0.1) is 0 Å². The molecule has 5 aromatic rings. The molecule has 10 nitrogen and oxygen atoms in total. The zero-order valence-corrected chi connectivity index (χ0v) is 28.2. The Morgan fingerprint density at radius 1 is 0.880 bits per heavy atom. The number of carbonyl (C=O) groups is 1. The lowest BCUT2D eigenvalue weighted by Gasteiger charge is -2.26. The number of phenolic OH excluding ortho intramolecular Hbond substituents is 1. The second-order valence-electron chi connectivity index (χ2n) is 12.3. The Bertz CT molecular complexity index is 1860. The maximum atomic E-state index is 11.6. The quantitative estimate of drug-likeness (QED) is 0.0746. The van der Waals surface area contributed by atoms with Crippen molar-refractivity contribution in [2.75, 3.05) is 44.6 Å². The predicted molar refractivity (Wildman–Crippen MR) is 198 cm³/mol. The number of amides is 1. The van der Waals surface area contributed by atoms with E-state index in [2.05, 4.69) is 32.7 Å². The highest BCUT2D eigenvalue weighted by atomic mass is 16.5. The topological polar surface area (TPSA) is 147 Å². The minimum Gasteiger partial charge on any atom is -0.506 e. The first-order chi connectivity index (χ1) is 24.4. The van der Waals surface area contributed by atoms with Gasteiger partial charge in [0.15, 0.2) is 0 Å². The van der Waals surface area contributed by atoms with E-state index in [0.29, 0.717) is 28.7 Å². The number of aliphatic hydroxyl groups excluding tert-OH is 1. The van der Waals surface area contributed by atoms with Crippen molar-refractivity contribution in [1.82, 2.24) is 15.2 Å². The van der Waals surface area contributed by atoms with Crippen LogP contribution in [0.2, 0.25) is 0 Å². The highest BCUT2D eigenvalue weighted by molar-refractivity contribution is 5.90. The number of carboxylic acid groups (broad SMARTS) is 1. The lowest BCUT2D eigenvalue weighted by molar-refractivity contribution is 0.176. The second-order valence-corrected chi connectivity index (χ2v) is 12.3. The fourth-order valence-electron chi connectivity index (χ4n) is 6.12. The number of para-hydroxylation sites is 1. The molecular formula is C40H46N4O6. The molecule has 10 heteroatoms. The van der Waals surface area contributed by atoms with Crippen LogP contribution < -0.4 is 20.9 Å². The molecule has 1 fully saturated rings. The summed E-state index contributed by atoms with van der Waals surface area (Å²) in [5.41, 5.74) is 4.39. The summed E-state index contributed by atoms with van der Waals surface area (Å²) in [4.78, 5) is 27.4. The number of nitrogens with one attached hydrogen (secondary N) is 3. The van der Waals surface area contributed by atoms with Crippen molar-refractivity contribution < 1.29 is 24.9 Å². The predicted octanol–water partition coefficient (Wildman–Crippen LogP) is 6.80. The van der Waals surface area contributed by atoms with Crippen molar-refractivity contribution in [3.8, 4) is 22.6 Å². The van der Waals surface area contributed by atoms with Gasteiger partial charge in [-0.2, -0.15) is 0 Å². The van der Waals surface area contributed by atoms with E-state index in [1.165, 1.54) is 50.0 Å². The standard InChI is InChI=1S/C27H35N3O4.C13H11NO2/c31-24-11-9-22(23-10-12-26(33)29-27(23)24)25(32)19-28-14-13-20-5-7-21(8-6-20)34-18-4-17-30-15-2-1-3-16-30;15-13(16)14-12-9-5-4-8-11(12)10-6-2-1-3-7-10/h5-12,25,28,31-32H,1-4,13-19H2,(H,29,33);1-9,14H,(H,15,16)/t25-;/m0./s1. The summed E-state index contributed by atoms with van der Waals surface area (Å²) in [7, 11) is 0. The van der Waals surface area contributed by atoms with Gasteiger partial charge < -0.3 is 35.3 Å². The van der Waals surface area contributed by atoms with E-state index >= 15 is 0 Å². The van der Waals surface area contributed by atoms with Gasteiger partial charge in [-0.3, -0.25) is 10.1 Å². The fourth-order valence-corrected chi connectivity index (χ4v) is 6.12. The fraction of sp³-hybridized carbons (Fsp3) is 0.300. The zero-order chi connectivity index (χ0) is 35.1. The van der Waals surface area contributed by atoms with Gasteiger partial charge in [-0.1, -0.05) is 73.2 Å². The number of likely N-dealkylation sites (tertiary alicyclic amines) is 1. The molecule has 0 saturated carbocycles. The number of hydrogen-bond donors (Lipinski definition) is 6. The Balaban J connectivity index is 0.000000253. The van der Waals surface area contributed by atoms with Crippen molar-refractivity contribution >= 4 is 22.7 Å². The van der Waals surface area contributed by atoms with E-state index in [0.717, 1.165) is 49.4 Å². The van der Waals surface area contributed by atoms with Crippen molar-refractivity contribution in [3.63, 3.8) is 0 Å². The summed E-state index contributed by atoms with van der Waals surface area (Å²) in [5.74, 6) is 0.897. The number of aromatic hydroxyl groups is 1. The van der Waals surface area contributed by atoms with E-state index in [-0.39, 0.29) is 11.3 Å². The van der Waals surface area contributed by atoms with E-state index in [1.54, 1.807) is 24.3 Å². The minimum absolute atomic E-state index is 0.00830. The highest BCUT2D eigenvalue weighted by Crippen LogP contribution is 2.29. The van der Waals surface area contributed by atoms with Crippen molar-refractivity contribution in [3.05, 3.63) is 125 Å². The molecule has 6 N–H and O–H groups in total. The number of benzene rings is 4. The average Bonchev–Trinajstić information content (AvgIpc) is 3.14. The first-order valence-corrected chi connectivity index (χ1v) is 17.2. The molecule has 0 aliphatic carbocycles. The third-order valence-corrected chi connectivity index (χ3v) is 8.71. The number of piperidine rings is 1. The van der Waals surface area contributed by atoms with Crippen LogP contribution in [-0.4, -0.2) is 70.6 Å². The number of pyridine rings is 1. The monoisotopic (exact) mass is 678 g/mol. The summed E-state index contributed by atoms with van der Waals surface area (Å²) >= 11 is 0. The number of rotatable bonds is 13. The number of fused-ring (bicyclic) bond motifs is 1. The van der Waals surface area contributed by atoms with E-state index in [9.17, 15) is 19.8 Å². The molecule has 1 aliphatic heterocycles. The Hall–Kier alpha value is -5.16. The molecule has 50 heavy (non-hydrogen) atoms. The van der Waals surface area contributed by atoms with E-state index < -0.39 is 12.2 Å². The molecule has 1 atom stereocenters. The number of H-pyrrole nitrogens is 1. The summed E-state index contributed by atoms with van der Waals surface area (Å²) in [6, 6.07) is 31.4. The van der Waals surface area contributed by atoms with Crippen LogP contribution in [0.15, 0.2) is 108 Å². The van der Waals surface area contributed by atoms with Gasteiger partial charge in [-0.05, 0) is 92.3 Å². The van der Waals surface area contributed by atoms with Crippen molar-refractivity contribution in [1.29, 1.82) is 0 Å². The molecule has 0 radical (unpaired) electrons. The Labute approximate surface area is 292 Å². The molecule has 1 aromatic heterocycles. The van der Waals surface area contributed by atoms with Crippen LogP contribution in [0.25, 0.3) is 22.0 Å². The van der Waals surface area contributed by atoms with Gasteiger partial charge in [0.05, 0.1) is 23.9 Å². The number of ether oxygens (including phenoxy) is 1. The number of aromatic nitrogens is 1. The van der Waals surface area contributed by atoms with Crippen LogP contribution in [0.5, 0.6) is 11.5 Å². The third kappa shape index (κ3) is 10.7. The molecule has 0 bridgehead atoms. The second kappa shape index (κ2) is 18.6. The highest BCUT2D eigenvalue weighted by Gasteiger charge is 2.14. The summed E-state index contributed by atoms with van der Waals surface area (Å²) < 4.78 is 5.89. The number of hydrogen-bond acceptors (Lipinski definition) is 7. The average molecular weight is 679 g/mol. The normalized spacial score (nSPS) is 13.6. The Morgan fingerprint density at radius 3 is 2.38 bits per heavy atom. The Morgan fingerprint density at radius 2 is 1.62 bits per heavy atom. The molecule has 0 unspecified atom stereocenters. The zero-order valence-electron chi connectivity index (χ0n) is 28.2. The van der Waals surface area contributed by atoms with Crippen LogP contribution >= 0.6 is 0 Å². The molecule has 6 rings (SSSR count). The van der Waals surface area contributed by atoms with Crippen LogP contribution in [-0.2, 0) is 6.42 Å². The summed E-state index contributed by atoms with van der Waals surface area (Å²) in [6.07, 6.45) is 4.11. The molecular weight excluding hydrogens is 632 g/mol. The van der Waals surface area contributed by atoms with Crippen LogP contribution in [0, 0.1) is 0 Å². The molecule has 1 saturated heterocycles. The summed E-state index contributed by atoms with van der Waals surface area (Å²) in [5, 5.41) is 35.7. The van der Waals surface area contributed by atoms with Crippen molar-refractivity contribution in [2.45, 2.75) is 38.2 Å². The third-order valence-electron chi connectivity index (χ3n) is 8.71. The van der Waals surface area contributed by atoms with Crippen LogP contribution in [0.4, 0.5) is 10.5 Å². The largest absolute Gasteiger partial charge is 0.506 e. The minimum atomic E-state index is -1.05. The lowest BCUT2D eigenvalue weighted by Crippen LogP contribution is -2.31. The van der Waals surface area contributed by atoms with E-state index in [4.69, 9.17) is 9.84 Å². The van der Waals surface area contributed by atoms with Gasteiger partial charge in [0.1, 0.15) is 11.5 Å². The van der Waals surface area contributed by atoms with Crippen molar-refractivity contribution in [2.24, 2.45) is 0 Å². The number of phenols is 1. The van der Waals surface area contributed by atoms with Gasteiger partial charge in [-0.25, -0.2) is 4.79 Å². The van der Waals surface area contributed by atoms with E-state index in [1.807, 2.05) is 54.6 Å². The smallest absolute Gasteiger partial charge is 0.409 e. The number of aromatic amines is 1. The SMILES string of the molecule is O=C(O)Nc1ccccc1-c1ccccc1.O=c1ccc2c([C@@H](O)CNCCc3ccc(OCCCN4CCCCC4)cc3)ccc(O)c2[nH]1.